The molecule has 2 aliphatic carbocycles. The number of hydrogen-bond donors (Lipinski definition) is 2. The quantitative estimate of drug-likeness (QED) is 0.899. The first-order valence-electron chi connectivity index (χ1n) is 9.18. The highest BCUT2D eigenvalue weighted by atomic mass is 16.5. The molecule has 2 N–H and O–H groups in total. The molecule has 1 aromatic heterocycles. The van der Waals surface area contributed by atoms with Gasteiger partial charge in [-0.3, -0.25) is 9.59 Å². The van der Waals surface area contributed by atoms with Gasteiger partial charge in [-0.2, -0.15) is 0 Å². The number of H-pyrrole nitrogens is 1. The van der Waals surface area contributed by atoms with Crippen molar-refractivity contribution in [2.24, 2.45) is 5.41 Å². The number of hydrogen-bond acceptors (Lipinski definition) is 3. The number of benzene rings is 1. The van der Waals surface area contributed by atoms with E-state index in [9.17, 15) is 9.59 Å². The first-order chi connectivity index (χ1) is 12.1. The summed E-state index contributed by atoms with van der Waals surface area (Å²) in [6.07, 6.45) is 5.72. The molecule has 2 fully saturated rings. The summed E-state index contributed by atoms with van der Waals surface area (Å²) in [5, 5.41) is 4.54. The summed E-state index contributed by atoms with van der Waals surface area (Å²) < 4.78 is 5.90. The van der Waals surface area contributed by atoms with Gasteiger partial charge in [-0.25, -0.2) is 0 Å². The Morgan fingerprint density at radius 3 is 2.84 bits per heavy atom. The van der Waals surface area contributed by atoms with Crippen LogP contribution in [0.3, 0.4) is 0 Å². The van der Waals surface area contributed by atoms with Crippen molar-refractivity contribution in [1.29, 1.82) is 0 Å². The van der Waals surface area contributed by atoms with Gasteiger partial charge >= 0.3 is 0 Å². The summed E-state index contributed by atoms with van der Waals surface area (Å²) in [6.45, 7) is 2.74. The van der Waals surface area contributed by atoms with E-state index < -0.39 is 0 Å². The number of aromatic nitrogens is 1. The first kappa shape index (κ1) is 16.3. The number of ether oxygens (including phenoxy) is 1. The lowest BCUT2D eigenvalue weighted by molar-refractivity contribution is -0.127. The van der Waals surface area contributed by atoms with Crippen LogP contribution >= 0.6 is 0 Å². The zero-order chi connectivity index (χ0) is 17.4. The normalized spacial score (nSPS) is 24.4. The maximum Gasteiger partial charge on any atom is 0.268 e. The van der Waals surface area contributed by atoms with E-state index in [1.54, 1.807) is 12.1 Å². The van der Waals surface area contributed by atoms with Crippen LogP contribution in [0, 0.1) is 5.41 Å². The van der Waals surface area contributed by atoms with Gasteiger partial charge in [0.05, 0.1) is 6.10 Å². The molecule has 1 aromatic carbocycles. The Kier molecular flexibility index (Phi) is 4.12. The fourth-order valence-electron chi connectivity index (χ4n) is 4.66. The van der Waals surface area contributed by atoms with Crippen molar-refractivity contribution >= 4 is 16.7 Å². The lowest BCUT2D eigenvalue weighted by Gasteiger charge is -2.54. The van der Waals surface area contributed by atoms with Crippen molar-refractivity contribution in [3.8, 4) is 0 Å². The fourth-order valence-corrected chi connectivity index (χ4v) is 4.66. The minimum Gasteiger partial charge on any atom is -0.378 e. The molecule has 1 heterocycles. The molecule has 2 aromatic rings. The SMILES string of the molecule is CCO[C@H]1C[C@H](NC(=O)c2cc3ccccc3c(=O)[nH]2)C12CCCC2. The molecular weight excluding hydrogens is 316 g/mol. The molecule has 2 atom stereocenters. The smallest absolute Gasteiger partial charge is 0.268 e. The van der Waals surface area contributed by atoms with Gasteiger partial charge in [0.25, 0.3) is 11.5 Å². The van der Waals surface area contributed by atoms with Crippen LogP contribution in [0.15, 0.2) is 35.1 Å². The number of rotatable bonds is 4. The lowest BCUT2D eigenvalue weighted by atomic mass is 9.60. The van der Waals surface area contributed by atoms with Gasteiger partial charge in [-0.05, 0) is 43.7 Å². The van der Waals surface area contributed by atoms with E-state index in [0.29, 0.717) is 17.7 Å². The van der Waals surface area contributed by atoms with E-state index in [1.165, 1.54) is 12.8 Å². The summed E-state index contributed by atoms with van der Waals surface area (Å²) in [5.41, 5.74) is 0.194. The molecule has 0 unspecified atom stereocenters. The fraction of sp³-hybridized carbons (Fsp3) is 0.500. The van der Waals surface area contributed by atoms with Crippen LogP contribution < -0.4 is 10.9 Å². The topological polar surface area (TPSA) is 71.2 Å². The van der Waals surface area contributed by atoms with Crippen LogP contribution in [-0.4, -0.2) is 29.6 Å². The molecule has 5 heteroatoms. The zero-order valence-corrected chi connectivity index (χ0v) is 14.5. The average Bonchev–Trinajstić information content (AvgIpc) is 3.14. The molecule has 25 heavy (non-hydrogen) atoms. The molecular formula is C20H24N2O3. The monoisotopic (exact) mass is 340 g/mol. The standard InChI is InChI=1S/C20H24N2O3/c1-2-25-17-12-16(20(17)9-5-6-10-20)22-19(24)15-11-13-7-3-4-8-14(13)18(23)21-15/h3-4,7-8,11,16-17H,2,5-6,9-10,12H2,1H3,(H,21,23)(H,22,24)/t16-,17-/m0/s1. The van der Waals surface area contributed by atoms with Crippen molar-refractivity contribution in [3.63, 3.8) is 0 Å². The average molecular weight is 340 g/mol. The third-order valence-electron chi connectivity index (χ3n) is 5.99. The minimum absolute atomic E-state index is 0.0861. The molecule has 0 saturated heterocycles. The van der Waals surface area contributed by atoms with E-state index in [4.69, 9.17) is 4.74 Å². The first-order valence-corrected chi connectivity index (χ1v) is 9.18. The number of pyridine rings is 1. The predicted molar refractivity (Wildman–Crippen MR) is 96.8 cm³/mol. The van der Waals surface area contributed by atoms with Gasteiger partial charge in [0.15, 0.2) is 0 Å². The van der Waals surface area contributed by atoms with E-state index in [2.05, 4.69) is 10.3 Å². The summed E-state index contributed by atoms with van der Waals surface area (Å²) in [7, 11) is 0. The maximum absolute atomic E-state index is 12.7. The number of nitrogens with one attached hydrogen (secondary N) is 2. The van der Waals surface area contributed by atoms with Gasteiger partial charge in [-0.1, -0.05) is 31.0 Å². The van der Waals surface area contributed by atoms with E-state index in [0.717, 1.165) is 24.6 Å². The molecule has 0 radical (unpaired) electrons. The van der Waals surface area contributed by atoms with Gasteiger partial charge < -0.3 is 15.0 Å². The van der Waals surface area contributed by atoms with E-state index >= 15 is 0 Å². The molecule has 132 valence electrons. The number of carbonyl (C=O) groups excluding carboxylic acids is 1. The van der Waals surface area contributed by atoms with Crippen LogP contribution in [0.5, 0.6) is 0 Å². The Hall–Kier alpha value is -2.14. The van der Waals surface area contributed by atoms with Gasteiger partial charge in [-0.15, -0.1) is 0 Å². The minimum atomic E-state index is -0.223. The molecule has 2 aliphatic rings. The lowest BCUT2D eigenvalue weighted by Crippen LogP contribution is -2.63. The van der Waals surface area contributed by atoms with E-state index in [1.807, 2.05) is 25.1 Å². The van der Waals surface area contributed by atoms with Crippen molar-refractivity contribution < 1.29 is 9.53 Å². The second kappa shape index (κ2) is 6.30. The third kappa shape index (κ3) is 2.67. The summed E-state index contributed by atoms with van der Waals surface area (Å²) in [6, 6.07) is 9.20. The Bertz CT molecular complexity index is 851. The molecule has 1 spiro atoms. The Morgan fingerprint density at radius 1 is 1.32 bits per heavy atom. The number of aromatic amines is 1. The van der Waals surface area contributed by atoms with Crippen molar-refractivity contribution in [2.45, 2.75) is 51.2 Å². The molecule has 0 aliphatic heterocycles. The van der Waals surface area contributed by atoms with Gasteiger partial charge in [0, 0.05) is 23.4 Å². The number of carbonyl (C=O) groups is 1. The highest BCUT2D eigenvalue weighted by Gasteiger charge is 2.57. The van der Waals surface area contributed by atoms with Crippen LogP contribution in [-0.2, 0) is 4.74 Å². The van der Waals surface area contributed by atoms with Crippen molar-refractivity contribution in [1.82, 2.24) is 10.3 Å². The van der Waals surface area contributed by atoms with E-state index in [-0.39, 0.29) is 29.0 Å². The van der Waals surface area contributed by atoms with Crippen LogP contribution in [0.2, 0.25) is 0 Å². The van der Waals surface area contributed by atoms with Crippen LogP contribution in [0.1, 0.15) is 49.5 Å². The molecule has 4 rings (SSSR count). The Balaban J connectivity index is 1.55. The number of amides is 1. The maximum atomic E-state index is 12.7. The third-order valence-corrected chi connectivity index (χ3v) is 5.99. The largest absolute Gasteiger partial charge is 0.378 e. The Labute approximate surface area is 146 Å². The molecule has 5 nitrogen and oxygen atoms in total. The second-order valence-corrected chi connectivity index (χ2v) is 7.25. The summed E-state index contributed by atoms with van der Waals surface area (Å²) >= 11 is 0. The van der Waals surface area contributed by atoms with Gasteiger partial charge in [0.2, 0.25) is 0 Å². The molecule has 1 amide bonds. The second-order valence-electron chi connectivity index (χ2n) is 7.25. The number of fused-ring (bicyclic) bond motifs is 1. The zero-order valence-electron chi connectivity index (χ0n) is 14.5. The van der Waals surface area contributed by atoms with Gasteiger partial charge in [0.1, 0.15) is 5.69 Å². The van der Waals surface area contributed by atoms with Crippen molar-refractivity contribution in [2.75, 3.05) is 6.61 Å². The van der Waals surface area contributed by atoms with Crippen molar-refractivity contribution in [3.05, 3.63) is 46.4 Å². The highest BCUT2D eigenvalue weighted by Crippen LogP contribution is 2.54. The summed E-state index contributed by atoms with van der Waals surface area (Å²) in [5.74, 6) is -0.200. The van der Waals surface area contributed by atoms with Crippen LogP contribution in [0.25, 0.3) is 10.8 Å². The van der Waals surface area contributed by atoms with Crippen LogP contribution in [0.4, 0.5) is 0 Å². The molecule has 2 saturated carbocycles. The Morgan fingerprint density at radius 2 is 2.08 bits per heavy atom. The predicted octanol–water partition coefficient (Wildman–Crippen LogP) is 3.00. The highest BCUT2D eigenvalue weighted by molar-refractivity contribution is 5.96. The molecule has 0 bridgehead atoms. The summed E-state index contributed by atoms with van der Waals surface area (Å²) in [4.78, 5) is 27.7.